The zero-order chi connectivity index (χ0) is 19.7. The number of hydrogen-bond donors (Lipinski definition) is 0. The van der Waals surface area contributed by atoms with Gasteiger partial charge in [0.15, 0.2) is 0 Å². The van der Waals surface area contributed by atoms with E-state index in [0.29, 0.717) is 0 Å². The Balaban J connectivity index is 0.000000319. The second-order valence-corrected chi connectivity index (χ2v) is 15.1. The zero-order valence-electron chi connectivity index (χ0n) is 14.7. The molecule has 4 aromatic carbocycles. The Morgan fingerprint density at radius 2 is 0.481 bits per heavy atom. The molecule has 0 bridgehead atoms. The van der Waals surface area contributed by atoms with Gasteiger partial charge in [0.1, 0.15) is 0 Å². The predicted molar refractivity (Wildman–Crippen MR) is 129 cm³/mol. The minimum atomic E-state index is 0.815. The van der Waals surface area contributed by atoms with Gasteiger partial charge in [-0.1, -0.05) is 0 Å². The molecule has 0 radical (unpaired) electrons. The summed E-state index contributed by atoms with van der Waals surface area (Å²) in [7, 11) is 0.815. The van der Waals surface area contributed by atoms with Crippen molar-refractivity contribution in [2.24, 2.45) is 0 Å². The van der Waals surface area contributed by atoms with E-state index in [1.54, 1.807) is 0 Å². The summed E-state index contributed by atoms with van der Waals surface area (Å²) in [6, 6.07) is 50.0. The van der Waals surface area contributed by atoms with Crippen LogP contribution in [0.5, 0.6) is 0 Å². The molecule has 0 saturated heterocycles. The Kier molecular flexibility index (Phi) is 23.8. The fraction of sp³-hybridized carbons (Fsp3) is 0. The standard InChI is InChI=1S/4C6H5.Cr.2HI/c4*1-2-4-6-5-3-1;;;/h4*1-5H;;2*1H/q4*-1;+2;;/p-2. The van der Waals surface area contributed by atoms with Gasteiger partial charge in [0, 0.05) is 0 Å². The molecule has 0 nitrogen and oxygen atoms in total. The monoisotopic (exact) mass is 614 g/mol. The third-order valence-corrected chi connectivity index (χ3v) is 2.43. The normalized spacial score (nSPS) is 7.78. The minimum absolute atomic E-state index is 0.815. The molecule has 0 aliphatic heterocycles. The van der Waals surface area contributed by atoms with E-state index in [2.05, 4.69) is 64.8 Å². The number of hydrogen-bond acceptors (Lipinski definition) is 0. The molecule has 0 N–H and O–H groups in total. The molecule has 140 valence electrons. The minimum Gasteiger partial charge on any atom is -0.184 e. The summed E-state index contributed by atoms with van der Waals surface area (Å²) in [5.41, 5.74) is 0. The first-order chi connectivity index (χ1) is 13.4. The van der Waals surface area contributed by atoms with Gasteiger partial charge in [-0.2, -0.15) is 146 Å². The molecule has 0 atom stereocenters. The molecule has 0 aliphatic carbocycles. The number of benzene rings is 4. The molecule has 0 saturated carbocycles. The van der Waals surface area contributed by atoms with E-state index >= 15 is 0 Å². The van der Waals surface area contributed by atoms with Gasteiger partial charge in [-0.3, -0.25) is 0 Å². The molecular weight excluding hydrogens is 594 g/mol. The van der Waals surface area contributed by atoms with Crippen LogP contribution in [0.25, 0.3) is 0 Å². The smallest absolute Gasteiger partial charge is 0.171 e. The SMILES string of the molecule is [I][Cr][I].[c-]1ccccc1.[c-]1ccccc1.[c-]1ccccc1.[c-]1ccccc1. The van der Waals surface area contributed by atoms with Crippen molar-refractivity contribution in [1.29, 1.82) is 0 Å². The maximum Gasteiger partial charge on any atom is -0.171 e. The van der Waals surface area contributed by atoms with Gasteiger partial charge < -0.3 is 0 Å². The summed E-state index contributed by atoms with van der Waals surface area (Å²) < 4.78 is 0. The maximum atomic E-state index is 2.89. The Hall–Kier alpha value is -1.13. The largest absolute Gasteiger partial charge is 0.184 e. The molecule has 3 heteroatoms. The van der Waals surface area contributed by atoms with E-state index in [1.165, 1.54) is 0 Å². The van der Waals surface area contributed by atoms with E-state index in [-0.39, 0.29) is 0 Å². The quantitative estimate of drug-likeness (QED) is 0.141. The molecule has 27 heavy (non-hydrogen) atoms. The van der Waals surface area contributed by atoms with Crippen molar-refractivity contribution in [2.45, 2.75) is 0 Å². The first-order valence-corrected chi connectivity index (χ1v) is 16.2. The molecule has 0 heterocycles. The van der Waals surface area contributed by atoms with Crippen molar-refractivity contribution in [3.63, 3.8) is 0 Å². The van der Waals surface area contributed by atoms with E-state index in [9.17, 15) is 0 Å². The summed E-state index contributed by atoms with van der Waals surface area (Å²) >= 11 is 4.68. The number of halogens is 2. The summed E-state index contributed by atoms with van der Waals surface area (Å²) in [5, 5.41) is 0. The molecule has 0 fully saturated rings. The summed E-state index contributed by atoms with van der Waals surface area (Å²) in [6.45, 7) is 0. The topological polar surface area (TPSA) is 0 Å². The van der Waals surface area contributed by atoms with Crippen molar-refractivity contribution < 1.29 is 8.65 Å². The summed E-state index contributed by atoms with van der Waals surface area (Å²) in [5.74, 6) is 0. The summed E-state index contributed by atoms with van der Waals surface area (Å²) in [4.78, 5) is 0. The van der Waals surface area contributed by atoms with Crippen LogP contribution < -0.4 is 0 Å². The van der Waals surface area contributed by atoms with Gasteiger partial charge in [-0.05, 0) is 0 Å². The Bertz CT molecular complexity index is 445. The predicted octanol–water partition coefficient (Wildman–Crippen LogP) is 7.72. The Morgan fingerprint density at radius 1 is 0.333 bits per heavy atom. The van der Waals surface area contributed by atoms with Crippen LogP contribution >= 0.6 is 40.5 Å². The molecule has 0 unspecified atom stereocenters. The second kappa shape index (κ2) is 24.9. The zero-order valence-corrected chi connectivity index (χ0v) is 20.3. The Morgan fingerprint density at radius 3 is 0.519 bits per heavy atom. The fourth-order valence-corrected chi connectivity index (χ4v) is 1.37. The molecule has 0 aliphatic rings. The molecule has 0 spiro atoms. The van der Waals surface area contributed by atoms with Crippen LogP contribution in [0.1, 0.15) is 0 Å². The average Bonchev–Trinajstić information content (AvgIpc) is 2.80. The third-order valence-electron chi connectivity index (χ3n) is 2.43. The van der Waals surface area contributed by atoms with E-state index in [0.717, 1.165) is 8.65 Å². The average molecular weight is 614 g/mol. The van der Waals surface area contributed by atoms with Crippen LogP contribution in [-0.4, -0.2) is 0 Å². The third kappa shape index (κ3) is 24.9. The van der Waals surface area contributed by atoms with Crippen molar-refractivity contribution in [3.8, 4) is 0 Å². The van der Waals surface area contributed by atoms with Crippen LogP contribution in [0.15, 0.2) is 121 Å². The van der Waals surface area contributed by atoms with Gasteiger partial charge in [-0.25, -0.2) is 0 Å². The maximum absolute atomic E-state index is 2.89. The van der Waals surface area contributed by atoms with Gasteiger partial charge in [-0.15, -0.1) is 0 Å². The van der Waals surface area contributed by atoms with E-state index < -0.39 is 0 Å². The first-order valence-electron chi connectivity index (χ1n) is 7.95. The molecule has 4 aromatic rings. The van der Waals surface area contributed by atoms with E-state index in [1.807, 2.05) is 121 Å². The van der Waals surface area contributed by atoms with Crippen LogP contribution in [0.4, 0.5) is 0 Å². The van der Waals surface area contributed by atoms with Crippen LogP contribution in [0.2, 0.25) is 0 Å². The van der Waals surface area contributed by atoms with Crippen LogP contribution in [0, 0.1) is 24.3 Å². The van der Waals surface area contributed by atoms with E-state index in [4.69, 9.17) is 0 Å². The van der Waals surface area contributed by atoms with Gasteiger partial charge in [0.2, 0.25) is 0 Å². The summed E-state index contributed by atoms with van der Waals surface area (Å²) in [6.07, 6.45) is 0. The molecule has 0 amide bonds. The van der Waals surface area contributed by atoms with Crippen molar-refractivity contribution in [2.75, 3.05) is 0 Å². The first kappa shape index (κ1) is 25.9. The molecule has 4 rings (SSSR count). The van der Waals surface area contributed by atoms with Crippen LogP contribution in [-0.2, 0) is 8.65 Å². The molecular formula is C24H20CrI2-4. The number of rotatable bonds is 0. The van der Waals surface area contributed by atoms with Crippen LogP contribution in [0.3, 0.4) is 0 Å². The molecule has 0 aromatic heterocycles. The van der Waals surface area contributed by atoms with Gasteiger partial charge in [0.25, 0.3) is 0 Å². The van der Waals surface area contributed by atoms with Gasteiger partial charge in [0.05, 0.1) is 0 Å². The van der Waals surface area contributed by atoms with Gasteiger partial charge >= 0.3 is 49.2 Å². The van der Waals surface area contributed by atoms with Crippen molar-refractivity contribution in [3.05, 3.63) is 146 Å². The van der Waals surface area contributed by atoms with Crippen molar-refractivity contribution >= 4 is 40.5 Å². The van der Waals surface area contributed by atoms with Crippen molar-refractivity contribution in [1.82, 2.24) is 0 Å². The second-order valence-electron chi connectivity index (χ2n) is 4.37. The fourth-order valence-electron chi connectivity index (χ4n) is 1.37. The Labute approximate surface area is 193 Å².